The van der Waals surface area contributed by atoms with Crippen LogP contribution in [-0.4, -0.2) is 24.2 Å². The lowest BCUT2D eigenvalue weighted by molar-refractivity contribution is 0.201. The lowest BCUT2D eigenvalue weighted by atomic mass is 10.2. The topological polar surface area (TPSA) is 46.2 Å². The van der Waals surface area contributed by atoms with Gasteiger partial charge in [-0.1, -0.05) is 19.1 Å². The zero-order valence-electron chi connectivity index (χ0n) is 11.6. The van der Waals surface area contributed by atoms with Crippen LogP contribution in [0.15, 0.2) is 30.5 Å². The van der Waals surface area contributed by atoms with Crippen molar-refractivity contribution in [3.05, 3.63) is 40.3 Å². The second-order valence-electron chi connectivity index (χ2n) is 4.82. The molecule has 2 heterocycles. The van der Waals surface area contributed by atoms with E-state index in [9.17, 15) is 0 Å². The van der Waals surface area contributed by atoms with Crippen molar-refractivity contribution in [1.29, 1.82) is 0 Å². The summed E-state index contributed by atoms with van der Waals surface area (Å²) in [6, 6.07) is 8.06. The van der Waals surface area contributed by atoms with Gasteiger partial charge in [-0.25, -0.2) is 4.98 Å². The molecule has 1 aromatic heterocycles. The maximum Gasteiger partial charge on any atom is 0.142 e. The molecular weight excluding hydrogens is 270 g/mol. The molecule has 2 aromatic rings. The Hall–Kier alpha value is -1.59. The van der Waals surface area contributed by atoms with Gasteiger partial charge in [0.05, 0.1) is 12.2 Å². The van der Waals surface area contributed by atoms with Crippen LogP contribution in [0.3, 0.4) is 0 Å². The van der Waals surface area contributed by atoms with E-state index in [1.54, 1.807) is 11.3 Å². The van der Waals surface area contributed by atoms with E-state index < -0.39 is 0 Å². The molecule has 2 N–H and O–H groups in total. The molecule has 1 aliphatic rings. The summed E-state index contributed by atoms with van der Waals surface area (Å²) < 4.78 is 5.95. The molecule has 0 aliphatic carbocycles. The number of aromatic nitrogens is 1. The molecule has 106 valence electrons. The number of nitrogens with zero attached hydrogens (tertiary/aromatic N) is 1. The van der Waals surface area contributed by atoms with Crippen LogP contribution < -0.4 is 15.4 Å². The molecule has 0 amide bonds. The second-order valence-corrected chi connectivity index (χ2v) is 6.02. The number of nitrogens with one attached hydrogen (secondary N) is 2. The number of ether oxygens (including phenoxy) is 1. The largest absolute Gasteiger partial charge is 0.485 e. The highest BCUT2D eigenvalue weighted by atomic mass is 32.1. The number of para-hydroxylation sites is 2. The Morgan fingerprint density at radius 3 is 3.20 bits per heavy atom. The Labute approximate surface area is 123 Å². The van der Waals surface area contributed by atoms with Crippen molar-refractivity contribution in [2.45, 2.75) is 26.0 Å². The highest BCUT2D eigenvalue weighted by Crippen LogP contribution is 2.27. The molecule has 1 atom stereocenters. The number of hydrogen-bond acceptors (Lipinski definition) is 5. The molecule has 0 saturated heterocycles. The Bertz CT molecular complexity index is 570. The molecule has 1 aromatic carbocycles. The summed E-state index contributed by atoms with van der Waals surface area (Å²) in [4.78, 5) is 5.74. The summed E-state index contributed by atoms with van der Waals surface area (Å²) in [5, 5.41) is 7.96. The summed E-state index contributed by atoms with van der Waals surface area (Å²) in [6.07, 6.45) is 3.19. The molecule has 0 saturated carbocycles. The fourth-order valence-electron chi connectivity index (χ4n) is 2.21. The van der Waals surface area contributed by atoms with Crippen LogP contribution in [0.5, 0.6) is 5.75 Å². The van der Waals surface area contributed by atoms with Gasteiger partial charge < -0.3 is 15.4 Å². The van der Waals surface area contributed by atoms with Crippen molar-refractivity contribution in [2.24, 2.45) is 0 Å². The van der Waals surface area contributed by atoms with E-state index >= 15 is 0 Å². The average Bonchev–Trinajstić information content (AvgIpc) is 2.95. The van der Waals surface area contributed by atoms with Crippen molar-refractivity contribution in [1.82, 2.24) is 10.3 Å². The minimum Gasteiger partial charge on any atom is -0.485 e. The van der Waals surface area contributed by atoms with Gasteiger partial charge in [0.1, 0.15) is 16.9 Å². The van der Waals surface area contributed by atoms with E-state index in [1.165, 1.54) is 4.88 Å². The van der Waals surface area contributed by atoms with Gasteiger partial charge in [0.2, 0.25) is 0 Å². The molecule has 3 rings (SSSR count). The number of benzene rings is 1. The maximum atomic E-state index is 5.95. The van der Waals surface area contributed by atoms with Crippen molar-refractivity contribution in [3.63, 3.8) is 0 Å². The molecule has 0 radical (unpaired) electrons. The monoisotopic (exact) mass is 289 g/mol. The third-order valence-electron chi connectivity index (χ3n) is 3.30. The van der Waals surface area contributed by atoms with Gasteiger partial charge in [0, 0.05) is 24.2 Å². The molecule has 1 unspecified atom stereocenters. The molecule has 0 spiro atoms. The minimum atomic E-state index is 0.163. The highest BCUT2D eigenvalue weighted by Gasteiger charge is 2.18. The SMILES string of the molecule is CCc1cnc(CNCC2CNc3ccccc3O2)s1. The second kappa shape index (κ2) is 6.24. The van der Waals surface area contributed by atoms with Gasteiger partial charge >= 0.3 is 0 Å². The van der Waals surface area contributed by atoms with Crippen LogP contribution in [0.4, 0.5) is 5.69 Å². The first-order valence-corrected chi connectivity index (χ1v) is 7.80. The summed E-state index contributed by atoms with van der Waals surface area (Å²) >= 11 is 1.78. The van der Waals surface area contributed by atoms with Crippen LogP contribution in [-0.2, 0) is 13.0 Å². The van der Waals surface area contributed by atoms with Crippen molar-refractivity contribution >= 4 is 17.0 Å². The molecular formula is C15H19N3OS. The first kappa shape index (κ1) is 13.4. The van der Waals surface area contributed by atoms with E-state index in [1.807, 2.05) is 30.5 Å². The van der Waals surface area contributed by atoms with Crippen LogP contribution in [0, 0.1) is 0 Å². The number of hydrogen-bond donors (Lipinski definition) is 2. The quantitative estimate of drug-likeness (QED) is 0.888. The lowest BCUT2D eigenvalue weighted by Crippen LogP contribution is -2.39. The van der Waals surface area contributed by atoms with Crippen LogP contribution in [0.2, 0.25) is 0 Å². The Morgan fingerprint density at radius 1 is 1.45 bits per heavy atom. The zero-order valence-corrected chi connectivity index (χ0v) is 12.4. The molecule has 0 bridgehead atoms. The van der Waals surface area contributed by atoms with Gasteiger partial charge in [-0.15, -0.1) is 11.3 Å². The first-order valence-electron chi connectivity index (χ1n) is 6.99. The average molecular weight is 289 g/mol. The molecule has 5 heteroatoms. The molecule has 20 heavy (non-hydrogen) atoms. The van der Waals surface area contributed by atoms with Crippen LogP contribution in [0.25, 0.3) is 0 Å². The molecule has 0 fully saturated rings. The number of anilines is 1. The van der Waals surface area contributed by atoms with E-state index in [-0.39, 0.29) is 6.10 Å². The normalized spacial score (nSPS) is 17.1. The van der Waals surface area contributed by atoms with Crippen molar-refractivity contribution in [2.75, 3.05) is 18.4 Å². The molecule has 4 nitrogen and oxygen atoms in total. The Balaban J connectivity index is 1.48. The van der Waals surface area contributed by atoms with E-state index in [4.69, 9.17) is 4.74 Å². The summed E-state index contributed by atoms with van der Waals surface area (Å²) in [6.45, 7) is 4.63. The number of thiazole rings is 1. The van der Waals surface area contributed by atoms with Crippen molar-refractivity contribution in [3.8, 4) is 5.75 Å². The zero-order chi connectivity index (χ0) is 13.8. The number of aryl methyl sites for hydroxylation is 1. The van der Waals surface area contributed by atoms with Gasteiger partial charge in [0.25, 0.3) is 0 Å². The van der Waals surface area contributed by atoms with E-state index in [0.717, 1.165) is 42.5 Å². The standard InChI is InChI=1S/C15H19N3OS/c1-2-12-9-18-15(20-12)10-16-7-11-8-17-13-5-3-4-6-14(13)19-11/h3-6,9,11,16-17H,2,7-8,10H2,1H3. The summed E-state index contributed by atoms with van der Waals surface area (Å²) in [5.74, 6) is 0.938. The van der Waals surface area contributed by atoms with E-state index in [2.05, 4.69) is 22.5 Å². The predicted molar refractivity (Wildman–Crippen MR) is 82.5 cm³/mol. The fourth-order valence-corrected chi connectivity index (χ4v) is 3.04. The number of rotatable bonds is 5. The summed E-state index contributed by atoms with van der Waals surface area (Å²) in [5.41, 5.74) is 1.08. The predicted octanol–water partition coefficient (Wildman–Crippen LogP) is 2.67. The third kappa shape index (κ3) is 3.11. The van der Waals surface area contributed by atoms with Crippen LogP contribution >= 0.6 is 11.3 Å². The van der Waals surface area contributed by atoms with Crippen molar-refractivity contribution < 1.29 is 4.74 Å². The first-order chi connectivity index (χ1) is 9.85. The maximum absolute atomic E-state index is 5.95. The Morgan fingerprint density at radius 2 is 2.35 bits per heavy atom. The minimum absolute atomic E-state index is 0.163. The Kier molecular flexibility index (Phi) is 4.18. The summed E-state index contributed by atoms with van der Waals surface area (Å²) in [7, 11) is 0. The molecule has 1 aliphatic heterocycles. The highest BCUT2D eigenvalue weighted by molar-refractivity contribution is 7.11. The fraction of sp³-hybridized carbons (Fsp3) is 0.400. The number of fused-ring (bicyclic) bond motifs is 1. The smallest absolute Gasteiger partial charge is 0.142 e. The van der Waals surface area contributed by atoms with Gasteiger partial charge in [-0.2, -0.15) is 0 Å². The van der Waals surface area contributed by atoms with Gasteiger partial charge in [0.15, 0.2) is 0 Å². The lowest BCUT2D eigenvalue weighted by Gasteiger charge is -2.27. The van der Waals surface area contributed by atoms with E-state index in [0.29, 0.717) is 0 Å². The van der Waals surface area contributed by atoms with Crippen LogP contribution in [0.1, 0.15) is 16.8 Å². The third-order valence-corrected chi connectivity index (χ3v) is 4.44. The van der Waals surface area contributed by atoms with Gasteiger partial charge in [-0.05, 0) is 18.6 Å². The van der Waals surface area contributed by atoms with Gasteiger partial charge in [-0.3, -0.25) is 0 Å².